The van der Waals surface area contributed by atoms with Gasteiger partial charge in [0.15, 0.2) is 5.65 Å². The molecule has 1 unspecified atom stereocenters. The monoisotopic (exact) mass is 245 g/mol. The fourth-order valence-electron chi connectivity index (χ4n) is 2.82. The first-order chi connectivity index (χ1) is 8.66. The minimum atomic E-state index is 0.408. The van der Waals surface area contributed by atoms with E-state index in [0.29, 0.717) is 17.9 Å². The molecule has 0 radical (unpaired) electrons. The van der Waals surface area contributed by atoms with Gasteiger partial charge in [-0.25, -0.2) is 4.98 Å². The van der Waals surface area contributed by atoms with Crippen LogP contribution in [0.3, 0.4) is 0 Å². The second-order valence-electron chi connectivity index (χ2n) is 5.20. The molecule has 2 N–H and O–H groups in total. The summed E-state index contributed by atoms with van der Waals surface area (Å²) >= 11 is 0. The molecule has 2 aromatic heterocycles. The molecular weight excluding hydrogens is 226 g/mol. The maximum absolute atomic E-state index is 5.91. The Labute approximate surface area is 107 Å². The lowest BCUT2D eigenvalue weighted by atomic mass is 10.1. The Hall–Kier alpha value is -1.62. The maximum atomic E-state index is 5.91. The summed E-state index contributed by atoms with van der Waals surface area (Å²) in [6, 6.07) is 4.79. The molecule has 0 aliphatic carbocycles. The van der Waals surface area contributed by atoms with E-state index in [1.807, 2.05) is 0 Å². The first-order valence-corrected chi connectivity index (χ1v) is 6.52. The minimum absolute atomic E-state index is 0.408. The van der Waals surface area contributed by atoms with Gasteiger partial charge in [0.05, 0.1) is 11.7 Å². The number of nitrogen functional groups attached to an aromatic ring is 1. The van der Waals surface area contributed by atoms with Crippen molar-refractivity contribution in [2.24, 2.45) is 0 Å². The first-order valence-electron chi connectivity index (χ1n) is 6.52. The molecule has 0 amide bonds. The second-order valence-corrected chi connectivity index (χ2v) is 5.20. The Bertz CT molecular complexity index is 560. The van der Waals surface area contributed by atoms with Crippen molar-refractivity contribution in [3.05, 3.63) is 24.0 Å². The third kappa shape index (κ3) is 1.75. The van der Waals surface area contributed by atoms with E-state index in [1.165, 1.54) is 12.8 Å². The zero-order chi connectivity index (χ0) is 12.7. The largest absolute Gasteiger partial charge is 0.384 e. The van der Waals surface area contributed by atoms with Gasteiger partial charge < -0.3 is 5.73 Å². The molecule has 96 valence electrons. The van der Waals surface area contributed by atoms with Gasteiger partial charge in [-0.15, -0.1) is 0 Å². The number of aromatic nitrogens is 3. The summed E-state index contributed by atoms with van der Waals surface area (Å²) < 4.78 is 1.73. The first kappa shape index (κ1) is 11.5. The molecule has 18 heavy (non-hydrogen) atoms. The topological polar surface area (TPSA) is 59.5 Å². The number of fused-ring (bicyclic) bond motifs is 1. The van der Waals surface area contributed by atoms with E-state index in [0.717, 1.165) is 17.9 Å². The molecule has 1 fully saturated rings. The van der Waals surface area contributed by atoms with Crippen LogP contribution in [0.15, 0.2) is 18.3 Å². The van der Waals surface area contributed by atoms with Gasteiger partial charge >= 0.3 is 0 Å². The van der Waals surface area contributed by atoms with Gasteiger partial charge in [-0.1, -0.05) is 0 Å². The summed E-state index contributed by atoms with van der Waals surface area (Å²) in [5, 5.41) is 4.61. The lowest BCUT2D eigenvalue weighted by molar-refractivity contribution is 0.202. The number of nitrogens with two attached hydrogens (primary N) is 1. The fourth-order valence-corrected chi connectivity index (χ4v) is 2.82. The number of likely N-dealkylation sites (tertiary alicyclic amines) is 1. The van der Waals surface area contributed by atoms with Gasteiger partial charge in [0.1, 0.15) is 5.82 Å². The van der Waals surface area contributed by atoms with E-state index < -0.39 is 0 Å². The minimum Gasteiger partial charge on any atom is -0.384 e. The van der Waals surface area contributed by atoms with E-state index >= 15 is 0 Å². The Morgan fingerprint density at radius 3 is 3.00 bits per heavy atom. The molecule has 0 aromatic carbocycles. The van der Waals surface area contributed by atoms with E-state index in [1.54, 1.807) is 16.8 Å². The van der Waals surface area contributed by atoms with Crippen LogP contribution in [-0.4, -0.2) is 32.1 Å². The molecule has 0 spiro atoms. The summed E-state index contributed by atoms with van der Waals surface area (Å²) in [6.07, 6.45) is 4.13. The zero-order valence-corrected chi connectivity index (χ0v) is 10.9. The standard InChI is InChI=1S/C13H19N5/c1-9(2)17-7-3-4-11(17)10-8-13-15-6-5-12(14)18(13)16-10/h5-6,8-9,11H,3-4,7,14H2,1-2H3. The highest BCUT2D eigenvalue weighted by atomic mass is 15.3. The van der Waals surface area contributed by atoms with E-state index in [-0.39, 0.29) is 0 Å². The van der Waals surface area contributed by atoms with Gasteiger partial charge in [0.2, 0.25) is 0 Å². The maximum Gasteiger partial charge on any atom is 0.157 e. The van der Waals surface area contributed by atoms with Crippen molar-refractivity contribution in [1.29, 1.82) is 0 Å². The molecule has 5 nitrogen and oxygen atoms in total. The van der Waals surface area contributed by atoms with Crippen LogP contribution >= 0.6 is 0 Å². The van der Waals surface area contributed by atoms with Crippen LogP contribution in [-0.2, 0) is 0 Å². The summed E-state index contributed by atoms with van der Waals surface area (Å²) in [5.41, 5.74) is 7.83. The number of nitrogens with zero attached hydrogens (tertiary/aromatic N) is 4. The highest BCUT2D eigenvalue weighted by Gasteiger charge is 2.29. The number of rotatable bonds is 2. The number of hydrogen-bond acceptors (Lipinski definition) is 4. The Morgan fingerprint density at radius 1 is 1.44 bits per heavy atom. The SMILES string of the molecule is CC(C)N1CCCC1c1cc2nccc(N)n2n1. The van der Waals surface area contributed by atoms with Crippen LogP contribution in [0.1, 0.15) is 38.4 Å². The average molecular weight is 245 g/mol. The van der Waals surface area contributed by atoms with Crippen LogP contribution in [0.4, 0.5) is 5.82 Å². The van der Waals surface area contributed by atoms with E-state index in [4.69, 9.17) is 5.73 Å². The molecule has 2 aromatic rings. The molecule has 1 aliphatic heterocycles. The molecule has 0 bridgehead atoms. The van der Waals surface area contributed by atoms with Crippen LogP contribution in [0.2, 0.25) is 0 Å². The van der Waals surface area contributed by atoms with Crippen molar-refractivity contribution in [3.8, 4) is 0 Å². The summed E-state index contributed by atoms with van der Waals surface area (Å²) in [5.74, 6) is 0.639. The Kier molecular flexibility index (Phi) is 2.70. The van der Waals surface area contributed by atoms with Gasteiger partial charge in [-0.2, -0.15) is 9.61 Å². The van der Waals surface area contributed by atoms with E-state index in [9.17, 15) is 0 Å². The molecule has 3 heterocycles. The zero-order valence-electron chi connectivity index (χ0n) is 10.9. The number of hydrogen-bond donors (Lipinski definition) is 1. The van der Waals surface area contributed by atoms with Crippen molar-refractivity contribution >= 4 is 11.5 Å². The van der Waals surface area contributed by atoms with Crippen LogP contribution < -0.4 is 5.73 Å². The number of anilines is 1. The molecule has 1 saturated heterocycles. The highest BCUT2D eigenvalue weighted by Crippen LogP contribution is 2.33. The summed E-state index contributed by atoms with van der Waals surface area (Å²) in [4.78, 5) is 6.80. The molecule has 5 heteroatoms. The van der Waals surface area contributed by atoms with Crippen molar-refractivity contribution in [3.63, 3.8) is 0 Å². The van der Waals surface area contributed by atoms with Crippen molar-refractivity contribution in [1.82, 2.24) is 19.5 Å². The predicted octanol–water partition coefficient (Wildman–Crippen LogP) is 1.86. The Morgan fingerprint density at radius 2 is 2.28 bits per heavy atom. The molecule has 3 rings (SSSR count). The van der Waals surface area contributed by atoms with Crippen LogP contribution in [0, 0.1) is 0 Å². The molecule has 1 atom stereocenters. The lowest BCUT2D eigenvalue weighted by Gasteiger charge is -2.26. The highest BCUT2D eigenvalue weighted by molar-refractivity contribution is 5.46. The average Bonchev–Trinajstić information content (AvgIpc) is 2.95. The summed E-state index contributed by atoms with van der Waals surface area (Å²) in [7, 11) is 0. The predicted molar refractivity (Wildman–Crippen MR) is 71.2 cm³/mol. The smallest absolute Gasteiger partial charge is 0.157 e. The van der Waals surface area contributed by atoms with Crippen molar-refractivity contribution in [2.75, 3.05) is 12.3 Å². The Balaban J connectivity index is 2.01. The van der Waals surface area contributed by atoms with Crippen molar-refractivity contribution in [2.45, 2.75) is 38.8 Å². The quantitative estimate of drug-likeness (QED) is 0.877. The lowest BCUT2D eigenvalue weighted by Crippen LogP contribution is -2.30. The van der Waals surface area contributed by atoms with Gasteiger partial charge in [-0.05, 0) is 39.3 Å². The third-order valence-electron chi connectivity index (χ3n) is 3.71. The molecule has 0 saturated carbocycles. The van der Waals surface area contributed by atoms with Crippen LogP contribution in [0.5, 0.6) is 0 Å². The molecular formula is C13H19N5. The molecule has 1 aliphatic rings. The van der Waals surface area contributed by atoms with Gasteiger partial charge in [0, 0.05) is 18.3 Å². The third-order valence-corrected chi connectivity index (χ3v) is 3.71. The fraction of sp³-hybridized carbons (Fsp3) is 0.538. The van der Waals surface area contributed by atoms with Crippen LogP contribution in [0.25, 0.3) is 5.65 Å². The summed E-state index contributed by atoms with van der Waals surface area (Å²) in [6.45, 7) is 5.63. The van der Waals surface area contributed by atoms with E-state index in [2.05, 4.69) is 34.9 Å². The van der Waals surface area contributed by atoms with Gasteiger partial charge in [-0.3, -0.25) is 4.90 Å². The van der Waals surface area contributed by atoms with Gasteiger partial charge in [0.25, 0.3) is 0 Å². The normalized spacial score (nSPS) is 21.2. The van der Waals surface area contributed by atoms with Crippen molar-refractivity contribution < 1.29 is 0 Å². The second kappa shape index (κ2) is 4.24.